The van der Waals surface area contributed by atoms with Crippen molar-refractivity contribution in [1.29, 1.82) is 0 Å². The van der Waals surface area contributed by atoms with Gasteiger partial charge in [0.15, 0.2) is 0 Å². The van der Waals surface area contributed by atoms with E-state index in [1.54, 1.807) is 12.1 Å². The molecule has 2 aliphatic heterocycles. The first-order valence-electron chi connectivity index (χ1n) is 9.51. The molecule has 7 heteroatoms. The van der Waals surface area contributed by atoms with Crippen LogP contribution in [0.3, 0.4) is 0 Å². The first kappa shape index (κ1) is 20.4. The minimum absolute atomic E-state index is 0.0382. The minimum atomic E-state index is -0.169. The molecule has 0 radical (unpaired) electrons. The normalized spacial score (nSPS) is 23.4. The Bertz CT molecular complexity index is 692. The fourth-order valence-electron chi connectivity index (χ4n) is 4.12. The number of methoxy groups -OCH3 is 1. The average Bonchev–Trinajstić information content (AvgIpc) is 3.17. The molecule has 2 saturated heterocycles. The van der Waals surface area contributed by atoms with Crippen LogP contribution in [0.1, 0.15) is 31.2 Å². The van der Waals surface area contributed by atoms with Crippen molar-refractivity contribution in [3.05, 3.63) is 33.8 Å². The standard InChI is InChI=1S/C20H26Cl2N2O3/c1-27-20(26)15-6-9-24(16(12-15)13-23-7-2-3-8-23)19(25)11-14-4-5-17(21)18(22)10-14/h4-5,10,15-16H,2-3,6-9,11-13H2,1H3/t15-,16+/m1/s1. The van der Waals surface area contributed by atoms with Crippen molar-refractivity contribution in [2.75, 3.05) is 33.3 Å². The van der Waals surface area contributed by atoms with E-state index in [1.807, 2.05) is 11.0 Å². The van der Waals surface area contributed by atoms with Crippen LogP contribution in [0.5, 0.6) is 0 Å². The molecule has 0 N–H and O–H groups in total. The highest BCUT2D eigenvalue weighted by molar-refractivity contribution is 6.42. The van der Waals surface area contributed by atoms with Gasteiger partial charge >= 0.3 is 5.97 Å². The maximum atomic E-state index is 13.0. The highest BCUT2D eigenvalue weighted by atomic mass is 35.5. The van der Waals surface area contributed by atoms with Crippen molar-refractivity contribution < 1.29 is 14.3 Å². The van der Waals surface area contributed by atoms with Gasteiger partial charge in [0.05, 0.1) is 29.5 Å². The van der Waals surface area contributed by atoms with Gasteiger partial charge in [-0.3, -0.25) is 9.59 Å². The fraction of sp³-hybridized carbons (Fsp3) is 0.600. The third-order valence-corrected chi connectivity index (χ3v) is 6.32. The fourth-order valence-corrected chi connectivity index (χ4v) is 4.44. The van der Waals surface area contributed by atoms with Crippen molar-refractivity contribution >= 4 is 35.1 Å². The Morgan fingerprint density at radius 1 is 1.15 bits per heavy atom. The van der Waals surface area contributed by atoms with Gasteiger partial charge < -0.3 is 14.5 Å². The monoisotopic (exact) mass is 412 g/mol. The van der Waals surface area contributed by atoms with E-state index in [0.717, 1.165) is 25.2 Å². The molecule has 27 heavy (non-hydrogen) atoms. The quantitative estimate of drug-likeness (QED) is 0.695. The SMILES string of the molecule is COC(=O)[C@@H]1CCN(C(=O)Cc2ccc(Cl)c(Cl)c2)[C@H](CN2CCCC2)C1. The molecule has 0 aliphatic carbocycles. The number of piperidine rings is 1. The number of carbonyl (C=O) groups excluding carboxylic acids is 2. The molecule has 1 aromatic carbocycles. The lowest BCUT2D eigenvalue weighted by Gasteiger charge is -2.40. The van der Waals surface area contributed by atoms with Gasteiger partial charge in [-0.05, 0) is 56.5 Å². The van der Waals surface area contributed by atoms with E-state index in [9.17, 15) is 9.59 Å². The molecule has 0 saturated carbocycles. The Labute approximate surface area is 170 Å². The number of carbonyl (C=O) groups is 2. The average molecular weight is 413 g/mol. The van der Waals surface area contributed by atoms with Crippen molar-refractivity contribution in [2.24, 2.45) is 5.92 Å². The molecule has 1 amide bonds. The predicted octanol–water partition coefficient (Wildman–Crippen LogP) is 3.41. The van der Waals surface area contributed by atoms with Crippen molar-refractivity contribution in [3.63, 3.8) is 0 Å². The predicted molar refractivity (Wildman–Crippen MR) is 106 cm³/mol. The molecule has 0 aromatic heterocycles. The maximum Gasteiger partial charge on any atom is 0.308 e. The number of hydrogen-bond acceptors (Lipinski definition) is 4. The highest BCUT2D eigenvalue weighted by Crippen LogP contribution is 2.27. The first-order chi connectivity index (χ1) is 13.0. The number of nitrogens with zero attached hydrogens (tertiary/aromatic N) is 2. The second-order valence-electron chi connectivity index (χ2n) is 7.42. The van der Waals surface area contributed by atoms with Crippen LogP contribution in [-0.2, 0) is 20.7 Å². The zero-order chi connectivity index (χ0) is 19.4. The second kappa shape index (κ2) is 9.26. The zero-order valence-corrected chi connectivity index (χ0v) is 17.1. The molecule has 2 heterocycles. The van der Waals surface area contributed by atoms with E-state index in [2.05, 4.69) is 4.90 Å². The van der Waals surface area contributed by atoms with Gasteiger partial charge in [-0.2, -0.15) is 0 Å². The van der Waals surface area contributed by atoms with Gasteiger partial charge in [0.25, 0.3) is 0 Å². The molecule has 2 atom stereocenters. The molecule has 2 aliphatic rings. The minimum Gasteiger partial charge on any atom is -0.469 e. The second-order valence-corrected chi connectivity index (χ2v) is 8.23. The van der Waals surface area contributed by atoms with Crippen LogP contribution in [0.4, 0.5) is 0 Å². The van der Waals surface area contributed by atoms with Gasteiger partial charge in [-0.15, -0.1) is 0 Å². The summed E-state index contributed by atoms with van der Waals surface area (Å²) < 4.78 is 4.94. The molecule has 0 unspecified atom stereocenters. The van der Waals surface area contributed by atoms with E-state index in [4.69, 9.17) is 27.9 Å². The van der Waals surface area contributed by atoms with Crippen molar-refractivity contribution in [3.8, 4) is 0 Å². The van der Waals surface area contributed by atoms with Gasteiger partial charge in [0.2, 0.25) is 5.91 Å². The summed E-state index contributed by atoms with van der Waals surface area (Å²) in [6, 6.07) is 5.34. The number of benzene rings is 1. The lowest BCUT2D eigenvalue weighted by molar-refractivity contribution is -0.150. The molecular formula is C20H26Cl2N2O3. The van der Waals surface area contributed by atoms with Crippen LogP contribution in [0.15, 0.2) is 18.2 Å². The maximum absolute atomic E-state index is 13.0. The third-order valence-electron chi connectivity index (χ3n) is 5.58. The van der Waals surface area contributed by atoms with Crippen LogP contribution in [0.2, 0.25) is 10.0 Å². The summed E-state index contributed by atoms with van der Waals surface area (Å²) >= 11 is 12.0. The van der Waals surface area contributed by atoms with E-state index >= 15 is 0 Å². The molecule has 3 rings (SSSR count). The van der Waals surface area contributed by atoms with Crippen molar-refractivity contribution in [2.45, 2.75) is 38.1 Å². The lowest BCUT2D eigenvalue weighted by atomic mass is 9.90. The number of hydrogen-bond donors (Lipinski definition) is 0. The Hall–Kier alpha value is -1.30. The Balaban J connectivity index is 1.70. The summed E-state index contributed by atoms with van der Waals surface area (Å²) in [6.45, 7) is 3.53. The van der Waals surface area contributed by atoms with Crippen molar-refractivity contribution in [1.82, 2.24) is 9.80 Å². The Kier molecular flexibility index (Phi) is 7.01. The summed E-state index contributed by atoms with van der Waals surface area (Å²) in [6.07, 6.45) is 4.00. The van der Waals surface area contributed by atoms with Crippen LogP contribution in [0, 0.1) is 5.92 Å². The van der Waals surface area contributed by atoms with Crippen LogP contribution < -0.4 is 0 Å². The summed E-state index contributed by atoms with van der Waals surface area (Å²) in [7, 11) is 1.43. The largest absolute Gasteiger partial charge is 0.469 e. The molecule has 0 spiro atoms. The number of amides is 1. The van der Waals surface area contributed by atoms with E-state index in [0.29, 0.717) is 29.4 Å². The van der Waals surface area contributed by atoms with E-state index < -0.39 is 0 Å². The van der Waals surface area contributed by atoms with Gasteiger partial charge in [-0.25, -0.2) is 0 Å². The Morgan fingerprint density at radius 2 is 1.89 bits per heavy atom. The number of ether oxygens (including phenoxy) is 1. The van der Waals surface area contributed by atoms with Gasteiger partial charge in [0.1, 0.15) is 0 Å². The summed E-state index contributed by atoms with van der Waals surface area (Å²) in [5.41, 5.74) is 0.851. The summed E-state index contributed by atoms with van der Waals surface area (Å²) in [5, 5.41) is 0.943. The summed E-state index contributed by atoms with van der Waals surface area (Å²) in [5.74, 6) is -0.226. The third kappa shape index (κ3) is 5.15. The van der Waals surface area contributed by atoms with Crippen LogP contribution in [-0.4, -0.2) is 61.0 Å². The molecule has 0 bridgehead atoms. The van der Waals surface area contributed by atoms with Gasteiger partial charge in [0, 0.05) is 19.1 Å². The first-order valence-corrected chi connectivity index (χ1v) is 10.3. The van der Waals surface area contributed by atoms with E-state index in [-0.39, 0.29) is 30.3 Å². The Morgan fingerprint density at radius 3 is 2.56 bits per heavy atom. The lowest BCUT2D eigenvalue weighted by Crippen LogP contribution is -2.52. The molecular weight excluding hydrogens is 387 g/mol. The van der Waals surface area contributed by atoms with Gasteiger partial charge in [-0.1, -0.05) is 29.3 Å². The van der Waals surface area contributed by atoms with E-state index in [1.165, 1.54) is 20.0 Å². The molecule has 148 valence electrons. The number of halogens is 2. The van der Waals surface area contributed by atoms with Crippen LogP contribution >= 0.6 is 23.2 Å². The molecule has 2 fully saturated rings. The highest BCUT2D eigenvalue weighted by Gasteiger charge is 2.36. The topological polar surface area (TPSA) is 49.9 Å². The molecule has 1 aromatic rings. The smallest absolute Gasteiger partial charge is 0.308 e. The number of rotatable bonds is 5. The zero-order valence-electron chi connectivity index (χ0n) is 15.6. The van der Waals surface area contributed by atoms with Crippen LogP contribution in [0.25, 0.3) is 0 Å². The number of esters is 1. The number of likely N-dealkylation sites (tertiary alicyclic amines) is 2. The summed E-state index contributed by atoms with van der Waals surface area (Å²) in [4.78, 5) is 29.4. The molecule has 5 nitrogen and oxygen atoms in total.